The lowest BCUT2D eigenvalue weighted by atomic mass is 10.1. The minimum atomic E-state index is -0.450. The van der Waals surface area contributed by atoms with Gasteiger partial charge in [-0.3, -0.25) is 9.69 Å². The highest BCUT2D eigenvalue weighted by Crippen LogP contribution is 2.15. The Balaban J connectivity index is 1.48. The number of amides is 1. The Bertz CT molecular complexity index is 727. The average Bonchev–Trinajstić information content (AvgIpc) is 3.10. The van der Waals surface area contributed by atoms with Gasteiger partial charge in [-0.1, -0.05) is 41.9 Å². The molecule has 3 rings (SSSR count). The maximum Gasteiger partial charge on any atom is 0.224 e. The smallest absolute Gasteiger partial charge is 0.224 e. The second-order valence-corrected chi connectivity index (χ2v) is 6.93. The second kappa shape index (κ2) is 8.45. The molecule has 0 bridgehead atoms. The number of carbonyl (C=O) groups excluding carboxylic acids is 1. The van der Waals surface area contributed by atoms with Gasteiger partial charge >= 0.3 is 0 Å². The first-order valence-electron chi connectivity index (χ1n) is 8.61. The zero-order valence-electron chi connectivity index (χ0n) is 14.1. The summed E-state index contributed by atoms with van der Waals surface area (Å²) in [5.41, 5.74) is 2.68. The third-order valence-corrected chi connectivity index (χ3v) is 4.72. The number of carbonyl (C=O) groups is 1. The van der Waals surface area contributed by atoms with E-state index in [4.69, 9.17) is 11.6 Å². The van der Waals surface area contributed by atoms with Crippen LogP contribution in [0, 0.1) is 5.82 Å². The lowest BCUT2D eigenvalue weighted by Gasteiger charge is -2.14. The molecule has 0 unspecified atom stereocenters. The van der Waals surface area contributed by atoms with E-state index in [1.807, 2.05) is 12.1 Å². The molecule has 0 saturated carbocycles. The van der Waals surface area contributed by atoms with Crippen molar-refractivity contribution in [2.24, 2.45) is 0 Å². The molecule has 5 heteroatoms. The van der Waals surface area contributed by atoms with Crippen LogP contribution in [0.5, 0.6) is 0 Å². The van der Waals surface area contributed by atoms with E-state index in [-0.39, 0.29) is 12.3 Å². The molecule has 2 aromatic carbocycles. The highest BCUT2D eigenvalue weighted by atomic mass is 35.5. The van der Waals surface area contributed by atoms with E-state index in [9.17, 15) is 9.18 Å². The van der Waals surface area contributed by atoms with Gasteiger partial charge in [0.05, 0.1) is 6.42 Å². The summed E-state index contributed by atoms with van der Waals surface area (Å²) in [5.74, 6) is -0.656. The highest BCUT2D eigenvalue weighted by molar-refractivity contribution is 6.30. The Morgan fingerprint density at radius 2 is 1.76 bits per heavy atom. The fraction of sp³-hybridized carbons (Fsp3) is 0.350. The van der Waals surface area contributed by atoms with E-state index in [0.717, 1.165) is 12.1 Å². The standard InChI is InChI=1S/C20H22ClFN2O/c21-18-8-7-17(19(22)12-18)11-20(25)23-13-15-3-5-16(6-4-15)14-24-9-1-2-10-24/h3-8,12H,1-2,9-11,13-14H2,(H,23,25). The van der Waals surface area contributed by atoms with Crippen LogP contribution in [-0.4, -0.2) is 23.9 Å². The number of hydrogen-bond acceptors (Lipinski definition) is 2. The van der Waals surface area contributed by atoms with Gasteiger partial charge in [-0.15, -0.1) is 0 Å². The van der Waals surface area contributed by atoms with Crippen molar-refractivity contribution in [3.8, 4) is 0 Å². The maximum atomic E-state index is 13.7. The molecule has 2 aromatic rings. The van der Waals surface area contributed by atoms with Crippen LogP contribution in [0.25, 0.3) is 0 Å². The summed E-state index contributed by atoms with van der Waals surface area (Å²) in [6.45, 7) is 3.79. The molecule has 1 aliphatic rings. The summed E-state index contributed by atoms with van der Waals surface area (Å²) in [6, 6.07) is 12.7. The van der Waals surface area contributed by atoms with Crippen LogP contribution < -0.4 is 5.32 Å². The van der Waals surface area contributed by atoms with Gasteiger partial charge in [0.1, 0.15) is 5.82 Å². The van der Waals surface area contributed by atoms with Gasteiger partial charge < -0.3 is 5.32 Å². The van der Waals surface area contributed by atoms with Crippen LogP contribution in [-0.2, 0) is 24.3 Å². The maximum absolute atomic E-state index is 13.7. The summed E-state index contributed by atoms with van der Waals surface area (Å²) in [5, 5.41) is 3.16. The van der Waals surface area contributed by atoms with Gasteiger partial charge in [0.25, 0.3) is 0 Å². The Morgan fingerprint density at radius 3 is 2.44 bits per heavy atom. The van der Waals surface area contributed by atoms with E-state index < -0.39 is 5.82 Å². The Hall–Kier alpha value is -1.91. The van der Waals surface area contributed by atoms with Crippen molar-refractivity contribution in [2.45, 2.75) is 32.4 Å². The molecule has 0 aromatic heterocycles. The summed E-state index contributed by atoms with van der Waals surface area (Å²) in [4.78, 5) is 14.5. The van der Waals surface area contributed by atoms with E-state index in [0.29, 0.717) is 17.1 Å². The molecule has 1 aliphatic heterocycles. The molecule has 1 heterocycles. The Labute approximate surface area is 152 Å². The molecular weight excluding hydrogens is 339 g/mol. The number of likely N-dealkylation sites (tertiary alicyclic amines) is 1. The first kappa shape index (κ1) is 17.9. The first-order valence-corrected chi connectivity index (χ1v) is 8.99. The van der Waals surface area contributed by atoms with Crippen molar-refractivity contribution in [3.05, 3.63) is 70.0 Å². The molecule has 0 spiro atoms. The molecule has 1 amide bonds. The largest absolute Gasteiger partial charge is 0.352 e. The van der Waals surface area contributed by atoms with Crippen molar-refractivity contribution in [3.63, 3.8) is 0 Å². The summed E-state index contributed by atoms with van der Waals surface area (Å²) < 4.78 is 13.7. The zero-order chi connectivity index (χ0) is 17.6. The molecule has 1 saturated heterocycles. The molecule has 25 heavy (non-hydrogen) atoms. The van der Waals surface area contributed by atoms with Crippen molar-refractivity contribution < 1.29 is 9.18 Å². The minimum Gasteiger partial charge on any atom is -0.352 e. The van der Waals surface area contributed by atoms with Gasteiger partial charge in [-0.25, -0.2) is 4.39 Å². The number of rotatable bonds is 6. The molecule has 0 aliphatic carbocycles. The number of hydrogen-bond donors (Lipinski definition) is 1. The van der Waals surface area contributed by atoms with E-state index in [1.54, 1.807) is 12.1 Å². The Morgan fingerprint density at radius 1 is 1.08 bits per heavy atom. The van der Waals surface area contributed by atoms with Crippen LogP contribution >= 0.6 is 11.6 Å². The number of halogens is 2. The lowest BCUT2D eigenvalue weighted by molar-refractivity contribution is -0.120. The first-order chi connectivity index (χ1) is 12.1. The van der Waals surface area contributed by atoms with E-state index in [2.05, 4.69) is 22.3 Å². The molecule has 0 atom stereocenters. The third kappa shape index (κ3) is 5.28. The summed E-state index contributed by atoms with van der Waals surface area (Å²) >= 11 is 5.72. The summed E-state index contributed by atoms with van der Waals surface area (Å²) in [7, 11) is 0. The normalized spacial score (nSPS) is 14.6. The topological polar surface area (TPSA) is 32.3 Å². The summed E-state index contributed by atoms with van der Waals surface area (Å²) in [6.07, 6.45) is 2.59. The predicted molar refractivity (Wildman–Crippen MR) is 97.9 cm³/mol. The van der Waals surface area contributed by atoms with Crippen molar-refractivity contribution >= 4 is 17.5 Å². The third-order valence-electron chi connectivity index (χ3n) is 4.48. The molecule has 3 nitrogen and oxygen atoms in total. The highest BCUT2D eigenvalue weighted by Gasteiger charge is 2.12. The quantitative estimate of drug-likeness (QED) is 0.846. The van der Waals surface area contributed by atoms with Crippen molar-refractivity contribution in [1.82, 2.24) is 10.2 Å². The molecule has 132 valence electrons. The number of benzene rings is 2. The van der Waals surface area contributed by atoms with Crippen LogP contribution in [0.1, 0.15) is 29.5 Å². The SMILES string of the molecule is O=C(Cc1ccc(Cl)cc1F)NCc1ccc(CN2CCCC2)cc1. The molecule has 1 fully saturated rings. The zero-order valence-corrected chi connectivity index (χ0v) is 14.9. The second-order valence-electron chi connectivity index (χ2n) is 6.49. The van der Waals surface area contributed by atoms with Gasteiger partial charge in [-0.05, 0) is 54.8 Å². The van der Waals surface area contributed by atoms with Crippen LogP contribution in [0.2, 0.25) is 5.02 Å². The monoisotopic (exact) mass is 360 g/mol. The van der Waals surface area contributed by atoms with Gasteiger partial charge in [0.2, 0.25) is 5.91 Å². The predicted octanol–water partition coefficient (Wildman–Crippen LogP) is 3.93. The molecule has 0 radical (unpaired) electrons. The van der Waals surface area contributed by atoms with E-state index >= 15 is 0 Å². The molecular formula is C20H22ClFN2O. The van der Waals surface area contributed by atoms with Crippen LogP contribution in [0.4, 0.5) is 4.39 Å². The minimum absolute atomic E-state index is 0.00997. The fourth-order valence-corrected chi connectivity index (χ4v) is 3.22. The van der Waals surface area contributed by atoms with E-state index in [1.165, 1.54) is 37.6 Å². The average molecular weight is 361 g/mol. The van der Waals surface area contributed by atoms with Gasteiger partial charge in [0, 0.05) is 18.1 Å². The van der Waals surface area contributed by atoms with Gasteiger partial charge in [0.15, 0.2) is 0 Å². The van der Waals surface area contributed by atoms with Crippen molar-refractivity contribution in [2.75, 3.05) is 13.1 Å². The molecule has 1 N–H and O–H groups in total. The van der Waals surface area contributed by atoms with Gasteiger partial charge in [-0.2, -0.15) is 0 Å². The fourth-order valence-electron chi connectivity index (χ4n) is 3.06. The lowest BCUT2D eigenvalue weighted by Crippen LogP contribution is -2.25. The number of nitrogens with one attached hydrogen (secondary N) is 1. The van der Waals surface area contributed by atoms with Crippen LogP contribution in [0.3, 0.4) is 0 Å². The Kier molecular flexibility index (Phi) is 6.05. The number of nitrogens with zero attached hydrogens (tertiary/aromatic N) is 1. The van der Waals surface area contributed by atoms with Crippen molar-refractivity contribution in [1.29, 1.82) is 0 Å². The van der Waals surface area contributed by atoms with Crippen LogP contribution in [0.15, 0.2) is 42.5 Å².